The summed E-state index contributed by atoms with van der Waals surface area (Å²) in [5.41, 5.74) is -0.450. The fourth-order valence-electron chi connectivity index (χ4n) is 2.63. The van der Waals surface area contributed by atoms with Gasteiger partial charge >= 0.3 is 5.97 Å². The van der Waals surface area contributed by atoms with Crippen LogP contribution in [0.1, 0.15) is 49.4 Å². The van der Waals surface area contributed by atoms with Gasteiger partial charge in [-0.1, -0.05) is 35.2 Å². The minimum atomic E-state index is -0.946. The van der Waals surface area contributed by atoms with Gasteiger partial charge in [-0.3, -0.25) is 4.79 Å². The molecule has 0 aliphatic heterocycles. The number of rotatable bonds is 4. The van der Waals surface area contributed by atoms with Gasteiger partial charge in [0.1, 0.15) is 5.54 Å². The Morgan fingerprint density at radius 3 is 2.43 bits per heavy atom. The number of hydrogen-bond donors (Lipinski definition) is 1. The average molecular weight is 379 g/mol. The van der Waals surface area contributed by atoms with Crippen molar-refractivity contribution in [1.82, 2.24) is 5.32 Å². The molecule has 0 radical (unpaired) electrons. The van der Waals surface area contributed by atoms with E-state index >= 15 is 0 Å². The van der Waals surface area contributed by atoms with Gasteiger partial charge in [-0.15, -0.1) is 0 Å². The monoisotopic (exact) mass is 378 g/mol. The maximum Gasteiger partial charge on any atom is 0.338 e. The number of esters is 1. The van der Waals surface area contributed by atoms with E-state index in [2.05, 4.69) is 27.3 Å². The van der Waals surface area contributed by atoms with Crippen LogP contribution in [0.15, 0.2) is 28.7 Å². The molecular formula is C17H19BrN2O3. The predicted molar refractivity (Wildman–Crippen MR) is 88.6 cm³/mol. The standard InChI is InChI=1S/C17H19BrN2O3/c1-12(23-16(22)13-5-7-14(18)8-6-13)15(21)20-17(11-19)9-3-2-4-10-17/h5-8,12H,2-4,9-10H2,1H3,(H,20,21)/t12-/m1/s1. The van der Waals surface area contributed by atoms with E-state index < -0.39 is 23.5 Å². The van der Waals surface area contributed by atoms with E-state index in [0.29, 0.717) is 18.4 Å². The van der Waals surface area contributed by atoms with Crippen molar-refractivity contribution in [2.75, 3.05) is 0 Å². The van der Waals surface area contributed by atoms with Crippen LogP contribution in [0.3, 0.4) is 0 Å². The first-order valence-corrected chi connectivity index (χ1v) is 8.45. The molecule has 1 amide bonds. The molecule has 2 rings (SSSR count). The van der Waals surface area contributed by atoms with Crippen LogP contribution < -0.4 is 5.32 Å². The summed E-state index contributed by atoms with van der Waals surface area (Å²) in [5, 5.41) is 12.1. The second kappa shape index (κ2) is 7.60. The van der Waals surface area contributed by atoms with Gasteiger partial charge in [-0.05, 0) is 44.0 Å². The number of carbonyl (C=O) groups excluding carboxylic acids is 2. The first-order chi connectivity index (χ1) is 11.0. The normalized spacial score (nSPS) is 17.6. The number of halogens is 1. The zero-order chi connectivity index (χ0) is 16.9. The smallest absolute Gasteiger partial charge is 0.338 e. The van der Waals surface area contributed by atoms with Crippen LogP contribution in [0.5, 0.6) is 0 Å². The van der Waals surface area contributed by atoms with Gasteiger partial charge < -0.3 is 10.1 Å². The number of nitrogens with zero attached hydrogens (tertiary/aromatic N) is 1. The van der Waals surface area contributed by atoms with E-state index in [0.717, 1.165) is 23.7 Å². The highest BCUT2D eigenvalue weighted by Crippen LogP contribution is 2.27. The van der Waals surface area contributed by atoms with E-state index in [1.807, 2.05) is 0 Å². The number of benzene rings is 1. The number of carbonyl (C=O) groups is 2. The Bertz CT molecular complexity index is 616. The first kappa shape index (κ1) is 17.5. The zero-order valence-corrected chi connectivity index (χ0v) is 14.6. The van der Waals surface area contributed by atoms with Gasteiger partial charge in [0.15, 0.2) is 6.10 Å². The Morgan fingerprint density at radius 1 is 1.26 bits per heavy atom. The minimum Gasteiger partial charge on any atom is -0.449 e. The molecule has 1 aliphatic carbocycles. The van der Waals surface area contributed by atoms with E-state index in [1.54, 1.807) is 24.3 Å². The number of nitriles is 1. The van der Waals surface area contributed by atoms with Gasteiger partial charge in [0, 0.05) is 4.47 Å². The lowest BCUT2D eigenvalue weighted by atomic mass is 9.83. The summed E-state index contributed by atoms with van der Waals surface area (Å²) in [6.07, 6.45) is 3.25. The largest absolute Gasteiger partial charge is 0.449 e. The molecule has 1 aromatic carbocycles. The van der Waals surface area contributed by atoms with Gasteiger partial charge in [0.2, 0.25) is 0 Å². The molecule has 6 heteroatoms. The maximum absolute atomic E-state index is 12.2. The number of hydrogen-bond acceptors (Lipinski definition) is 4. The SMILES string of the molecule is C[C@@H](OC(=O)c1ccc(Br)cc1)C(=O)NC1(C#N)CCCCC1. The lowest BCUT2D eigenvalue weighted by Crippen LogP contribution is -2.52. The van der Waals surface area contributed by atoms with Gasteiger partial charge in [0.05, 0.1) is 11.6 Å². The molecule has 0 heterocycles. The van der Waals surface area contributed by atoms with Crippen LogP contribution in [0.2, 0.25) is 0 Å². The molecule has 0 spiro atoms. The third kappa shape index (κ3) is 4.55. The molecule has 1 aliphatic rings. The Balaban J connectivity index is 1.95. The van der Waals surface area contributed by atoms with Crippen LogP contribution in [0.25, 0.3) is 0 Å². The van der Waals surface area contributed by atoms with E-state index in [9.17, 15) is 14.9 Å². The van der Waals surface area contributed by atoms with Gasteiger partial charge in [0.25, 0.3) is 5.91 Å². The van der Waals surface area contributed by atoms with E-state index in [1.165, 1.54) is 6.92 Å². The molecule has 0 saturated heterocycles. The minimum absolute atomic E-state index is 0.375. The predicted octanol–water partition coefficient (Wildman–Crippen LogP) is 3.34. The van der Waals surface area contributed by atoms with Crippen molar-refractivity contribution in [3.05, 3.63) is 34.3 Å². The van der Waals surface area contributed by atoms with Crippen LogP contribution in [-0.4, -0.2) is 23.5 Å². The number of ether oxygens (including phenoxy) is 1. The van der Waals surface area contributed by atoms with Crippen molar-refractivity contribution >= 4 is 27.8 Å². The molecule has 1 aromatic rings. The van der Waals surface area contributed by atoms with Crippen LogP contribution in [0.4, 0.5) is 0 Å². The fourth-order valence-corrected chi connectivity index (χ4v) is 2.89. The summed E-state index contributed by atoms with van der Waals surface area (Å²) in [6.45, 7) is 1.51. The molecule has 1 N–H and O–H groups in total. The summed E-state index contributed by atoms with van der Waals surface area (Å²) in [6, 6.07) is 8.92. The third-order valence-electron chi connectivity index (χ3n) is 4.02. The van der Waals surface area contributed by atoms with Crippen LogP contribution >= 0.6 is 15.9 Å². The first-order valence-electron chi connectivity index (χ1n) is 7.66. The summed E-state index contributed by atoms with van der Waals surface area (Å²) < 4.78 is 6.05. The molecule has 5 nitrogen and oxygen atoms in total. The zero-order valence-electron chi connectivity index (χ0n) is 13.0. The highest BCUT2D eigenvalue weighted by atomic mass is 79.9. The Morgan fingerprint density at radius 2 is 1.87 bits per heavy atom. The number of amides is 1. The van der Waals surface area contributed by atoms with Crippen molar-refractivity contribution in [2.24, 2.45) is 0 Å². The number of nitrogens with one attached hydrogen (secondary N) is 1. The van der Waals surface area contributed by atoms with Crippen molar-refractivity contribution in [3.63, 3.8) is 0 Å². The highest BCUT2D eigenvalue weighted by Gasteiger charge is 2.35. The summed E-state index contributed by atoms with van der Waals surface area (Å²) in [7, 11) is 0. The molecule has 1 atom stereocenters. The average Bonchev–Trinajstić information content (AvgIpc) is 2.56. The van der Waals surface area contributed by atoms with Crippen molar-refractivity contribution in [2.45, 2.75) is 50.7 Å². The Labute approximate surface area is 144 Å². The van der Waals surface area contributed by atoms with Gasteiger partial charge in [-0.25, -0.2) is 4.79 Å². The van der Waals surface area contributed by atoms with Crippen molar-refractivity contribution < 1.29 is 14.3 Å². The Kier molecular flexibility index (Phi) is 5.78. The molecule has 0 aromatic heterocycles. The van der Waals surface area contributed by atoms with E-state index in [-0.39, 0.29) is 0 Å². The second-order valence-electron chi connectivity index (χ2n) is 5.80. The molecule has 0 bridgehead atoms. The molecule has 0 unspecified atom stereocenters. The molecular weight excluding hydrogens is 360 g/mol. The summed E-state index contributed by atoms with van der Waals surface area (Å²) in [5.74, 6) is -0.992. The lowest BCUT2D eigenvalue weighted by Gasteiger charge is -2.32. The van der Waals surface area contributed by atoms with Crippen molar-refractivity contribution in [3.8, 4) is 6.07 Å². The quantitative estimate of drug-likeness (QED) is 0.814. The van der Waals surface area contributed by atoms with Crippen molar-refractivity contribution in [1.29, 1.82) is 5.26 Å². The molecule has 23 heavy (non-hydrogen) atoms. The van der Waals surface area contributed by atoms with Gasteiger partial charge in [-0.2, -0.15) is 5.26 Å². The third-order valence-corrected chi connectivity index (χ3v) is 4.55. The lowest BCUT2D eigenvalue weighted by molar-refractivity contribution is -0.130. The second-order valence-corrected chi connectivity index (χ2v) is 6.71. The van der Waals surface area contributed by atoms with Crippen LogP contribution in [0, 0.1) is 11.3 Å². The highest BCUT2D eigenvalue weighted by molar-refractivity contribution is 9.10. The topological polar surface area (TPSA) is 79.2 Å². The molecule has 1 fully saturated rings. The summed E-state index contributed by atoms with van der Waals surface area (Å²) in [4.78, 5) is 24.3. The van der Waals surface area contributed by atoms with Crippen LogP contribution in [-0.2, 0) is 9.53 Å². The fraction of sp³-hybridized carbons (Fsp3) is 0.471. The molecule has 1 saturated carbocycles. The van der Waals surface area contributed by atoms with E-state index in [4.69, 9.17) is 4.74 Å². The maximum atomic E-state index is 12.2. The summed E-state index contributed by atoms with van der Waals surface area (Å²) >= 11 is 3.29. The Hall–Kier alpha value is -1.87. The molecule has 122 valence electrons.